The Morgan fingerprint density at radius 1 is 1.23 bits per heavy atom. The van der Waals surface area contributed by atoms with Crippen molar-refractivity contribution >= 4 is 28.6 Å². The fourth-order valence-electron chi connectivity index (χ4n) is 3.53. The van der Waals surface area contributed by atoms with Gasteiger partial charge in [-0.2, -0.15) is 0 Å². The van der Waals surface area contributed by atoms with Gasteiger partial charge >= 0.3 is 0 Å². The van der Waals surface area contributed by atoms with Gasteiger partial charge in [-0.25, -0.2) is 0 Å². The molecular weight excluding hydrogens is 410 g/mol. The minimum Gasteiger partial charge on any atom is -0.383 e. The number of nitrogens with zero attached hydrogens (tertiary/aromatic N) is 3. The maximum absolute atomic E-state index is 12.4. The van der Waals surface area contributed by atoms with Crippen LogP contribution in [0, 0.1) is 6.92 Å². The second-order valence-electron chi connectivity index (χ2n) is 7.44. The van der Waals surface area contributed by atoms with Crippen LogP contribution in [0.25, 0.3) is 28.0 Å². The highest BCUT2D eigenvalue weighted by Crippen LogP contribution is 2.32. The predicted octanol–water partition coefficient (Wildman–Crippen LogP) is 3.97. The van der Waals surface area contributed by atoms with Gasteiger partial charge in [0.1, 0.15) is 0 Å². The molecular formula is C23H25N5O2S. The summed E-state index contributed by atoms with van der Waals surface area (Å²) < 4.78 is 7.10. The van der Waals surface area contributed by atoms with Gasteiger partial charge in [-0.05, 0) is 37.6 Å². The second kappa shape index (κ2) is 9.36. The number of hydrogen-bond donors (Lipinski definition) is 2. The van der Waals surface area contributed by atoms with Gasteiger partial charge in [0.05, 0.1) is 12.4 Å². The van der Waals surface area contributed by atoms with Crippen molar-refractivity contribution in [2.45, 2.75) is 25.0 Å². The van der Waals surface area contributed by atoms with Crippen LogP contribution in [0.2, 0.25) is 0 Å². The van der Waals surface area contributed by atoms with E-state index >= 15 is 0 Å². The number of H-pyrrole nitrogens is 1. The first-order valence-corrected chi connectivity index (χ1v) is 11.1. The highest BCUT2D eigenvalue weighted by molar-refractivity contribution is 7.99. The number of benzene rings is 2. The number of thioether (sulfide) groups is 1. The lowest BCUT2D eigenvalue weighted by atomic mass is 10.1. The lowest BCUT2D eigenvalue weighted by Crippen LogP contribution is -2.36. The third kappa shape index (κ3) is 4.65. The summed E-state index contributed by atoms with van der Waals surface area (Å²) in [5.41, 5.74) is 4.10. The monoisotopic (exact) mass is 435 g/mol. The molecule has 0 aliphatic heterocycles. The molecule has 1 unspecified atom stereocenters. The summed E-state index contributed by atoms with van der Waals surface area (Å²) in [6, 6.07) is 16.2. The van der Waals surface area contributed by atoms with Crippen molar-refractivity contribution in [2.75, 3.05) is 19.5 Å². The quantitative estimate of drug-likeness (QED) is 0.409. The van der Waals surface area contributed by atoms with E-state index in [9.17, 15) is 4.79 Å². The lowest BCUT2D eigenvalue weighted by molar-refractivity contribution is -0.119. The van der Waals surface area contributed by atoms with Crippen LogP contribution in [0.4, 0.5) is 0 Å². The van der Waals surface area contributed by atoms with Crippen LogP contribution < -0.4 is 5.32 Å². The number of nitrogens with one attached hydrogen (secondary N) is 2. The summed E-state index contributed by atoms with van der Waals surface area (Å²) in [4.78, 5) is 15.7. The minimum atomic E-state index is -0.0676. The molecule has 0 aliphatic rings. The number of fused-ring (bicyclic) bond motifs is 1. The smallest absolute Gasteiger partial charge is 0.230 e. The SMILES string of the molecule is COCC(C)NC(=O)CSc1nnc(-c2c[nH]c3ccccc23)n1-c1cccc(C)c1. The number of amides is 1. The molecule has 8 heteroatoms. The van der Waals surface area contributed by atoms with Crippen LogP contribution in [-0.4, -0.2) is 51.2 Å². The molecule has 1 atom stereocenters. The number of methoxy groups -OCH3 is 1. The number of hydrogen-bond acceptors (Lipinski definition) is 5. The Balaban J connectivity index is 1.69. The van der Waals surface area contributed by atoms with E-state index in [0.717, 1.165) is 33.5 Å². The number of aromatic nitrogens is 4. The third-order valence-corrected chi connectivity index (χ3v) is 5.81. The van der Waals surface area contributed by atoms with E-state index in [1.807, 2.05) is 48.0 Å². The normalized spacial score (nSPS) is 12.2. The van der Waals surface area contributed by atoms with Crippen LogP contribution in [0.15, 0.2) is 59.9 Å². The zero-order chi connectivity index (χ0) is 21.8. The Kier molecular flexibility index (Phi) is 6.39. The summed E-state index contributed by atoms with van der Waals surface area (Å²) in [6.07, 6.45) is 1.95. The van der Waals surface area contributed by atoms with Crippen molar-refractivity contribution < 1.29 is 9.53 Å². The Hall–Kier alpha value is -3.10. The second-order valence-corrected chi connectivity index (χ2v) is 8.38. The molecule has 0 saturated carbocycles. The molecule has 7 nitrogen and oxygen atoms in total. The molecule has 31 heavy (non-hydrogen) atoms. The Labute approximate surface area is 185 Å². The molecule has 0 radical (unpaired) electrons. The lowest BCUT2D eigenvalue weighted by Gasteiger charge is -2.13. The molecule has 1 amide bonds. The zero-order valence-corrected chi connectivity index (χ0v) is 18.6. The fraction of sp³-hybridized carbons (Fsp3) is 0.261. The van der Waals surface area contributed by atoms with E-state index in [-0.39, 0.29) is 17.7 Å². The molecule has 2 aromatic heterocycles. The maximum atomic E-state index is 12.4. The topological polar surface area (TPSA) is 84.8 Å². The van der Waals surface area contributed by atoms with E-state index in [4.69, 9.17) is 4.74 Å². The first-order valence-electron chi connectivity index (χ1n) is 10.1. The van der Waals surface area contributed by atoms with Crippen molar-refractivity contribution in [1.82, 2.24) is 25.1 Å². The molecule has 2 N–H and O–H groups in total. The predicted molar refractivity (Wildman–Crippen MR) is 124 cm³/mol. The van der Waals surface area contributed by atoms with Crippen molar-refractivity contribution in [1.29, 1.82) is 0 Å². The average molecular weight is 436 g/mol. The molecule has 0 saturated heterocycles. The van der Waals surface area contributed by atoms with Crippen molar-refractivity contribution in [3.05, 3.63) is 60.3 Å². The Bertz CT molecular complexity index is 1200. The van der Waals surface area contributed by atoms with E-state index in [1.54, 1.807) is 7.11 Å². The zero-order valence-electron chi connectivity index (χ0n) is 17.8. The molecule has 0 fully saturated rings. The first kappa shape index (κ1) is 21.1. The van der Waals surface area contributed by atoms with Crippen molar-refractivity contribution in [3.8, 4) is 17.1 Å². The van der Waals surface area contributed by atoms with E-state index in [2.05, 4.69) is 45.6 Å². The summed E-state index contributed by atoms with van der Waals surface area (Å²) in [5.74, 6) is 0.909. The van der Waals surface area contributed by atoms with E-state index in [1.165, 1.54) is 11.8 Å². The maximum Gasteiger partial charge on any atom is 0.230 e. The molecule has 0 bridgehead atoms. The largest absolute Gasteiger partial charge is 0.383 e. The Morgan fingerprint density at radius 2 is 2.06 bits per heavy atom. The molecule has 4 aromatic rings. The van der Waals surface area contributed by atoms with Crippen LogP contribution in [0.5, 0.6) is 0 Å². The summed E-state index contributed by atoms with van der Waals surface area (Å²) >= 11 is 1.37. The van der Waals surface area contributed by atoms with Crippen LogP contribution >= 0.6 is 11.8 Å². The molecule has 0 spiro atoms. The summed E-state index contributed by atoms with van der Waals surface area (Å²) in [5, 5.41) is 13.6. The third-order valence-electron chi connectivity index (χ3n) is 4.88. The van der Waals surface area contributed by atoms with Gasteiger partial charge in [-0.15, -0.1) is 10.2 Å². The first-order chi connectivity index (χ1) is 15.1. The highest BCUT2D eigenvalue weighted by Gasteiger charge is 2.20. The van der Waals surface area contributed by atoms with Gasteiger partial charge in [-0.3, -0.25) is 9.36 Å². The van der Waals surface area contributed by atoms with Crippen molar-refractivity contribution in [2.24, 2.45) is 0 Å². The molecule has 0 aliphatic carbocycles. The van der Waals surface area contributed by atoms with Gasteiger partial charge in [0, 0.05) is 41.5 Å². The van der Waals surface area contributed by atoms with Gasteiger partial charge in [-0.1, -0.05) is 42.1 Å². The number of aryl methyl sites for hydroxylation is 1. The molecule has 2 aromatic carbocycles. The minimum absolute atomic E-state index is 0.0467. The molecule has 2 heterocycles. The van der Waals surface area contributed by atoms with Crippen molar-refractivity contribution in [3.63, 3.8) is 0 Å². The van der Waals surface area contributed by atoms with Crippen LogP contribution in [-0.2, 0) is 9.53 Å². The van der Waals surface area contributed by atoms with Gasteiger partial charge in [0.15, 0.2) is 11.0 Å². The van der Waals surface area contributed by atoms with Gasteiger partial charge in [0.2, 0.25) is 5.91 Å². The number of carbonyl (C=O) groups excluding carboxylic acids is 1. The number of carbonyl (C=O) groups is 1. The van der Waals surface area contributed by atoms with Gasteiger partial charge in [0.25, 0.3) is 0 Å². The number of ether oxygens (including phenoxy) is 1. The molecule has 4 rings (SSSR count). The van der Waals surface area contributed by atoms with Gasteiger partial charge < -0.3 is 15.0 Å². The summed E-state index contributed by atoms with van der Waals surface area (Å²) in [6.45, 7) is 4.44. The fourth-order valence-corrected chi connectivity index (χ4v) is 4.30. The summed E-state index contributed by atoms with van der Waals surface area (Å²) in [7, 11) is 1.62. The van der Waals surface area contributed by atoms with Crippen LogP contribution in [0.1, 0.15) is 12.5 Å². The highest BCUT2D eigenvalue weighted by atomic mass is 32.2. The standard InChI is InChI=1S/C23H25N5O2S/c1-15-7-6-8-17(11-15)28-22(19-12-24-20-10-5-4-9-18(19)20)26-27-23(28)31-14-21(29)25-16(2)13-30-3/h4-12,16,24H,13-14H2,1-3H3,(H,25,29). The number of rotatable bonds is 8. The average Bonchev–Trinajstić information content (AvgIpc) is 3.36. The van der Waals surface area contributed by atoms with E-state index < -0.39 is 0 Å². The number of para-hydroxylation sites is 1. The van der Waals surface area contributed by atoms with E-state index in [0.29, 0.717) is 11.8 Å². The Morgan fingerprint density at radius 3 is 2.87 bits per heavy atom. The van der Waals surface area contributed by atoms with Crippen LogP contribution in [0.3, 0.4) is 0 Å². The number of aromatic amines is 1. The molecule has 160 valence electrons.